The van der Waals surface area contributed by atoms with Crippen LogP contribution in [0.4, 0.5) is 0 Å². The Hall–Kier alpha value is -0.960. The van der Waals surface area contributed by atoms with Crippen molar-refractivity contribution in [2.24, 2.45) is 11.8 Å². The molecule has 0 aromatic heterocycles. The van der Waals surface area contributed by atoms with Crippen molar-refractivity contribution >= 4 is 20.0 Å². The van der Waals surface area contributed by atoms with Gasteiger partial charge in [0.25, 0.3) is 0 Å². The third-order valence-electron chi connectivity index (χ3n) is 6.17. The molecule has 3 aliphatic carbocycles. The largest absolute Gasteiger partial charge is 0.240 e. The summed E-state index contributed by atoms with van der Waals surface area (Å²) in [6.45, 7) is 0. The molecule has 0 heterocycles. The van der Waals surface area contributed by atoms with Crippen LogP contribution >= 0.6 is 0 Å². The summed E-state index contributed by atoms with van der Waals surface area (Å²) in [7, 11) is -7.22. The average molecular weight is 399 g/mol. The van der Waals surface area contributed by atoms with Crippen LogP contribution in [0.5, 0.6) is 0 Å². The summed E-state index contributed by atoms with van der Waals surface area (Å²) in [5, 5.41) is 0. The maximum atomic E-state index is 12.6. The molecule has 3 atom stereocenters. The van der Waals surface area contributed by atoms with Crippen molar-refractivity contribution in [2.75, 3.05) is 0 Å². The summed E-state index contributed by atoms with van der Waals surface area (Å²) in [5.74, 6) is 1.10. The van der Waals surface area contributed by atoms with Crippen LogP contribution in [0.2, 0.25) is 0 Å². The molecule has 8 heteroatoms. The molecule has 144 valence electrons. The summed E-state index contributed by atoms with van der Waals surface area (Å²) in [4.78, 5) is 0.239. The monoisotopic (exact) mass is 398 g/mol. The molecular formula is C18H26N2O4S2. The molecule has 0 spiro atoms. The van der Waals surface area contributed by atoms with E-state index in [2.05, 4.69) is 9.44 Å². The predicted molar refractivity (Wildman–Crippen MR) is 98.6 cm³/mol. The van der Waals surface area contributed by atoms with Crippen LogP contribution < -0.4 is 9.44 Å². The van der Waals surface area contributed by atoms with E-state index in [0.29, 0.717) is 11.8 Å². The molecule has 6 nitrogen and oxygen atoms in total. The van der Waals surface area contributed by atoms with Gasteiger partial charge in [-0.05, 0) is 68.2 Å². The van der Waals surface area contributed by atoms with Gasteiger partial charge >= 0.3 is 0 Å². The summed E-state index contributed by atoms with van der Waals surface area (Å²) in [5.41, 5.74) is 0. The molecule has 0 radical (unpaired) electrons. The Balaban J connectivity index is 1.46. The Labute approximate surface area is 155 Å². The highest BCUT2D eigenvalue weighted by atomic mass is 32.2. The predicted octanol–water partition coefficient (Wildman–Crippen LogP) is 2.37. The Kier molecular flexibility index (Phi) is 4.88. The van der Waals surface area contributed by atoms with E-state index in [4.69, 9.17) is 0 Å². The van der Waals surface area contributed by atoms with E-state index < -0.39 is 20.0 Å². The minimum absolute atomic E-state index is 0.0112. The molecule has 1 aromatic carbocycles. The lowest BCUT2D eigenvalue weighted by atomic mass is 9.96. The number of benzene rings is 1. The maximum absolute atomic E-state index is 12.6. The lowest BCUT2D eigenvalue weighted by molar-refractivity contribution is 0.390. The fraction of sp³-hybridized carbons (Fsp3) is 0.667. The van der Waals surface area contributed by atoms with Gasteiger partial charge in [0.15, 0.2) is 0 Å². The first-order chi connectivity index (χ1) is 12.3. The molecule has 0 aliphatic heterocycles. The van der Waals surface area contributed by atoms with Crippen molar-refractivity contribution < 1.29 is 16.8 Å². The fourth-order valence-electron chi connectivity index (χ4n) is 4.79. The van der Waals surface area contributed by atoms with Crippen molar-refractivity contribution in [3.63, 3.8) is 0 Å². The van der Waals surface area contributed by atoms with Gasteiger partial charge in [-0.3, -0.25) is 0 Å². The molecule has 0 unspecified atom stereocenters. The average Bonchev–Trinajstić information content (AvgIpc) is 3.32. The highest BCUT2D eigenvalue weighted by Crippen LogP contribution is 2.44. The smallest absolute Gasteiger partial charge is 0.208 e. The van der Waals surface area contributed by atoms with Gasteiger partial charge in [-0.15, -0.1) is 0 Å². The maximum Gasteiger partial charge on any atom is 0.240 e. The minimum Gasteiger partial charge on any atom is -0.208 e. The van der Waals surface area contributed by atoms with Gasteiger partial charge in [-0.1, -0.05) is 19.3 Å². The van der Waals surface area contributed by atoms with E-state index in [9.17, 15) is 16.8 Å². The minimum atomic E-state index is -3.62. The van der Waals surface area contributed by atoms with E-state index in [-0.39, 0.29) is 21.9 Å². The topological polar surface area (TPSA) is 92.3 Å². The molecular weight excluding hydrogens is 372 g/mol. The number of hydrogen-bond donors (Lipinski definition) is 2. The number of fused-ring (bicyclic) bond motifs is 2. The van der Waals surface area contributed by atoms with Gasteiger partial charge < -0.3 is 0 Å². The van der Waals surface area contributed by atoms with E-state index in [0.717, 1.165) is 44.9 Å². The molecule has 0 amide bonds. The molecule has 3 saturated carbocycles. The van der Waals surface area contributed by atoms with Crippen molar-refractivity contribution in [1.29, 1.82) is 0 Å². The first kappa shape index (κ1) is 18.4. The van der Waals surface area contributed by atoms with Crippen LogP contribution in [-0.2, 0) is 20.0 Å². The lowest BCUT2D eigenvalue weighted by Gasteiger charge is -2.22. The van der Waals surface area contributed by atoms with Crippen molar-refractivity contribution in [2.45, 2.75) is 73.2 Å². The Morgan fingerprint density at radius 2 is 1.31 bits per heavy atom. The normalized spacial score (nSPS) is 29.5. The zero-order chi connectivity index (χ0) is 18.4. The van der Waals surface area contributed by atoms with Gasteiger partial charge in [0, 0.05) is 12.1 Å². The first-order valence-corrected chi connectivity index (χ1v) is 12.4. The second-order valence-corrected chi connectivity index (χ2v) is 11.4. The van der Waals surface area contributed by atoms with Gasteiger partial charge in [0.2, 0.25) is 20.0 Å². The third-order valence-corrected chi connectivity index (χ3v) is 9.21. The van der Waals surface area contributed by atoms with Gasteiger partial charge in [-0.25, -0.2) is 26.3 Å². The summed E-state index contributed by atoms with van der Waals surface area (Å²) >= 11 is 0. The standard InChI is InChI=1S/C18H26N2O4S2/c21-25(22,19-15-3-1-2-4-15)16-7-9-17(10-8-16)26(23,24)20-18-12-13-5-6-14(18)11-13/h7-10,13-15,18-20H,1-6,11-12H2/t13-,14+,18-/m1/s1. The van der Waals surface area contributed by atoms with Gasteiger partial charge in [-0.2, -0.15) is 0 Å². The van der Waals surface area contributed by atoms with Crippen molar-refractivity contribution in [3.8, 4) is 0 Å². The number of hydrogen-bond acceptors (Lipinski definition) is 4. The number of sulfonamides is 2. The molecule has 3 aliphatic rings. The summed E-state index contributed by atoms with van der Waals surface area (Å²) in [6.07, 6.45) is 8.15. The Morgan fingerprint density at radius 1 is 0.731 bits per heavy atom. The molecule has 1 aromatic rings. The summed E-state index contributed by atoms with van der Waals surface area (Å²) < 4.78 is 55.7. The van der Waals surface area contributed by atoms with E-state index in [1.165, 1.54) is 30.7 Å². The highest BCUT2D eigenvalue weighted by molar-refractivity contribution is 7.90. The van der Waals surface area contributed by atoms with E-state index in [1.54, 1.807) is 0 Å². The van der Waals surface area contributed by atoms with Gasteiger partial charge in [0.1, 0.15) is 0 Å². The zero-order valence-electron chi connectivity index (χ0n) is 14.7. The SMILES string of the molecule is O=S(=O)(NC1CCCC1)c1ccc(S(=O)(=O)N[C@@H]2C[C@@H]3CC[C@H]2C3)cc1. The van der Waals surface area contributed by atoms with Crippen molar-refractivity contribution in [3.05, 3.63) is 24.3 Å². The third kappa shape index (κ3) is 3.69. The number of nitrogens with one attached hydrogen (secondary N) is 2. The summed E-state index contributed by atoms with van der Waals surface area (Å²) in [6, 6.07) is 5.55. The zero-order valence-corrected chi connectivity index (χ0v) is 16.4. The van der Waals surface area contributed by atoms with E-state index in [1.807, 2.05) is 0 Å². The van der Waals surface area contributed by atoms with Crippen LogP contribution in [0.25, 0.3) is 0 Å². The van der Waals surface area contributed by atoms with Crippen molar-refractivity contribution in [1.82, 2.24) is 9.44 Å². The van der Waals surface area contributed by atoms with Gasteiger partial charge in [0.05, 0.1) is 9.79 Å². The van der Waals surface area contributed by atoms with Crippen LogP contribution in [0.15, 0.2) is 34.1 Å². The lowest BCUT2D eigenvalue weighted by Crippen LogP contribution is -2.38. The first-order valence-electron chi connectivity index (χ1n) is 9.48. The second kappa shape index (κ2) is 6.89. The molecule has 2 bridgehead atoms. The van der Waals surface area contributed by atoms with E-state index >= 15 is 0 Å². The molecule has 3 fully saturated rings. The van der Waals surface area contributed by atoms with Crippen LogP contribution in [-0.4, -0.2) is 28.9 Å². The molecule has 2 N–H and O–H groups in total. The molecule has 0 saturated heterocycles. The van der Waals surface area contributed by atoms with Crippen LogP contribution in [0, 0.1) is 11.8 Å². The quantitative estimate of drug-likeness (QED) is 0.769. The highest BCUT2D eigenvalue weighted by Gasteiger charge is 2.41. The fourth-order valence-corrected chi connectivity index (χ4v) is 7.41. The second-order valence-electron chi connectivity index (χ2n) is 7.98. The Morgan fingerprint density at radius 3 is 1.81 bits per heavy atom. The molecule has 26 heavy (non-hydrogen) atoms. The Bertz CT molecular complexity index is 859. The van der Waals surface area contributed by atoms with Crippen LogP contribution in [0.1, 0.15) is 51.4 Å². The number of rotatable bonds is 6. The van der Waals surface area contributed by atoms with Crippen LogP contribution in [0.3, 0.4) is 0 Å². The molecule has 4 rings (SSSR count).